The third kappa shape index (κ3) is 1.88. The summed E-state index contributed by atoms with van der Waals surface area (Å²) in [6, 6.07) is 7.68. The van der Waals surface area contributed by atoms with E-state index in [2.05, 4.69) is 4.98 Å². The summed E-state index contributed by atoms with van der Waals surface area (Å²) < 4.78 is 1.88. The van der Waals surface area contributed by atoms with Gasteiger partial charge in [0, 0.05) is 17.4 Å². The van der Waals surface area contributed by atoms with Crippen molar-refractivity contribution in [2.24, 2.45) is 0 Å². The second kappa shape index (κ2) is 3.72. The third-order valence-electron chi connectivity index (χ3n) is 2.01. The van der Waals surface area contributed by atoms with Crippen LogP contribution in [0, 0.1) is 0 Å². The molecule has 1 aromatic carbocycles. The van der Waals surface area contributed by atoms with Gasteiger partial charge in [-0.05, 0) is 17.7 Å². The molecule has 1 heterocycles. The van der Waals surface area contributed by atoms with E-state index in [4.69, 9.17) is 17.3 Å². The highest BCUT2D eigenvalue weighted by atomic mass is 35.5. The molecule has 3 nitrogen and oxygen atoms in total. The lowest BCUT2D eigenvalue weighted by Crippen LogP contribution is -2.03. The van der Waals surface area contributed by atoms with Crippen molar-refractivity contribution < 1.29 is 0 Å². The highest BCUT2D eigenvalue weighted by molar-refractivity contribution is 6.30. The average Bonchev–Trinajstić information content (AvgIpc) is 2.56. The van der Waals surface area contributed by atoms with Gasteiger partial charge in [-0.25, -0.2) is 4.98 Å². The zero-order valence-corrected chi connectivity index (χ0v) is 8.28. The minimum Gasteiger partial charge on any atom is -0.369 e. The van der Waals surface area contributed by atoms with Crippen LogP contribution in [0.15, 0.2) is 36.7 Å². The summed E-state index contributed by atoms with van der Waals surface area (Å²) in [5.41, 5.74) is 6.80. The van der Waals surface area contributed by atoms with Gasteiger partial charge in [-0.3, -0.25) is 0 Å². The van der Waals surface area contributed by atoms with Crippen molar-refractivity contribution in [1.29, 1.82) is 0 Å². The number of hydrogen-bond donors (Lipinski definition) is 1. The molecule has 2 N–H and O–H groups in total. The largest absolute Gasteiger partial charge is 0.369 e. The summed E-state index contributed by atoms with van der Waals surface area (Å²) in [7, 11) is 0. The fraction of sp³-hybridized carbons (Fsp3) is 0.100. The van der Waals surface area contributed by atoms with E-state index in [1.165, 1.54) is 0 Å². The normalized spacial score (nSPS) is 10.4. The topological polar surface area (TPSA) is 43.8 Å². The Labute approximate surface area is 87.1 Å². The van der Waals surface area contributed by atoms with Gasteiger partial charge in [-0.15, -0.1) is 0 Å². The first-order valence-corrected chi connectivity index (χ1v) is 4.64. The number of nitrogens with two attached hydrogens (primary N) is 1. The van der Waals surface area contributed by atoms with Crippen LogP contribution in [-0.4, -0.2) is 9.55 Å². The van der Waals surface area contributed by atoms with Gasteiger partial charge >= 0.3 is 0 Å². The Morgan fingerprint density at radius 2 is 2.00 bits per heavy atom. The molecule has 0 fully saturated rings. The van der Waals surface area contributed by atoms with Crippen LogP contribution >= 0.6 is 11.6 Å². The van der Waals surface area contributed by atoms with E-state index < -0.39 is 0 Å². The van der Waals surface area contributed by atoms with Crippen LogP contribution in [0.2, 0.25) is 5.02 Å². The maximum atomic E-state index is 5.78. The average molecular weight is 208 g/mol. The van der Waals surface area contributed by atoms with E-state index in [9.17, 15) is 0 Å². The summed E-state index contributed by atoms with van der Waals surface area (Å²) in [6.07, 6.45) is 3.54. The Balaban J connectivity index is 2.19. The molecule has 0 aliphatic heterocycles. The lowest BCUT2D eigenvalue weighted by atomic mass is 10.2. The molecule has 0 unspecified atom stereocenters. The molecule has 72 valence electrons. The monoisotopic (exact) mass is 207 g/mol. The van der Waals surface area contributed by atoms with E-state index in [-0.39, 0.29) is 0 Å². The van der Waals surface area contributed by atoms with E-state index in [0.717, 1.165) is 17.1 Å². The SMILES string of the molecule is Nc1nccn1Cc1ccc(Cl)cc1. The van der Waals surface area contributed by atoms with E-state index >= 15 is 0 Å². The molecule has 2 aromatic rings. The lowest BCUT2D eigenvalue weighted by molar-refractivity contribution is 0.811. The maximum absolute atomic E-state index is 5.78. The molecule has 0 aliphatic rings. The van der Waals surface area contributed by atoms with Crippen LogP contribution in [-0.2, 0) is 6.54 Å². The van der Waals surface area contributed by atoms with Crippen molar-refractivity contribution in [3.63, 3.8) is 0 Å². The number of halogens is 1. The van der Waals surface area contributed by atoms with Crippen molar-refractivity contribution in [3.05, 3.63) is 47.2 Å². The van der Waals surface area contributed by atoms with Crippen LogP contribution in [0.5, 0.6) is 0 Å². The predicted molar refractivity (Wildman–Crippen MR) is 57.2 cm³/mol. The number of nitrogen functional groups attached to an aromatic ring is 1. The first-order chi connectivity index (χ1) is 6.75. The number of aromatic nitrogens is 2. The Morgan fingerprint density at radius 3 is 2.57 bits per heavy atom. The standard InChI is InChI=1S/C10H10ClN3/c11-9-3-1-8(2-4-9)7-14-6-5-13-10(14)12/h1-6H,7H2,(H2,12,13). The number of rotatable bonds is 2. The van der Waals surface area contributed by atoms with Gasteiger partial charge in [-0.1, -0.05) is 23.7 Å². The maximum Gasteiger partial charge on any atom is 0.200 e. The first kappa shape index (κ1) is 9.09. The van der Waals surface area contributed by atoms with Crippen molar-refractivity contribution in [3.8, 4) is 0 Å². The molecule has 0 saturated heterocycles. The molecule has 0 amide bonds. The van der Waals surface area contributed by atoms with Gasteiger partial charge < -0.3 is 10.3 Å². The van der Waals surface area contributed by atoms with E-state index in [0.29, 0.717) is 5.95 Å². The Hall–Kier alpha value is -1.48. The Morgan fingerprint density at radius 1 is 1.29 bits per heavy atom. The van der Waals surface area contributed by atoms with Gasteiger partial charge in [0.05, 0.1) is 6.54 Å². The highest BCUT2D eigenvalue weighted by Gasteiger charge is 1.98. The zero-order chi connectivity index (χ0) is 9.97. The highest BCUT2D eigenvalue weighted by Crippen LogP contribution is 2.11. The summed E-state index contributed by atoms with van der Waals surface area (Å²) in [5, 5.41) is 0.743. The number of hydrogen-bond acceptors (Lipinski definition) is 2. The van der Waals surface area contributed by atoms with E-state index in [1.807, 2.05) is 35.0 Å². The smallest absolute Gasteiger partial charge is 0.200 e. The van der Waals surface area contributed by atoms with Crippen molar-refractivity contribution in [2.45, 2.75) is 6.54 Å². The molecule has 0 bridgehead atoms. The van der Waals surface area contributed by atoms with E-state index in [1.54, 1.807) is 6.20 Å². The molecule has 4 heteroatoms. The van der Waals surface area contributed by atoms with Crippen LogP contribution in [0.4, 0.5) is 5.95 Å². The fourth-order valence-corrected chi connectivity index (χ4v) is 1.39. The summed E-state index contributed by atoms with van der Waals surface area (Å²) in [5.74, 6) is 0.528. The molecule has 0 aliphatic carbocycles. The molecule has 0 saturated carbocycles. The van der Waals surface area contributed by atoms with Gasteiger partial charge in [0.15, 0.2) is 5.95 Å². The van der Waals surface area contributed by atoms with Gasteiger partial charge in [0.25, 0.3) is 0 Å². The number of imidazole rings is 1. The van der Waals surface area contributed by atoms with Crippen LogP contribution < -0.4 is 5.73 Å². The fourth-order valence-electron chi connectivity index (χ4n) is 1.26. The lowest BCUT2D eigenvalue weighted by Gasteiger charge is -2.04. The summed E-state index contributed by atoms with van der Waals surface area (Å²) in [6.45, 7) is 0.725. The Kier molecular flexibility index (Phi) is 2.41. The second-order valence-electron chi connectivity index (χ2n) is 3.04. The van der Waals surface area contributed by atoms with Crippen molar-refractivity contribution in [1.82, 2.24) is 9.55 Å². The third-order valence-corrected chi connectivity index (χ3v) is 2.27. The van der Waals surface area contributed by atoms with Crippen LogP contribution in [0.25, 0.3) is 0 Å². The molecular weight excluding hydrogens is 198 g/mol. The van der Waals surface area contributed by atoms with Gasteiger partial charge in [-0.2, -0.15) is 0 Å². The minimum absolute atomic E-state index is 0.528. The number of anilines is 1. The van der Waals surface area contributed by atoms with Crippen molar-refractivity contribution in [2.75, 3.05) is 5.73 Å². The minimum atomic E-state index is 0.528. The van der Waals surface area contributed by atoms with Gasteiger partial charge in [0.1, 0.15) is 0 Å². The predicted octanol–water partition coefficient (Wildman–Crippen LogP) is 2.17. The quantitative estimate of drug-likeness (QED) is 0.820. The Bertz CT molecular complexity index is 419. The zero-order valence-electron chi connectivity index (χ0n) is 7.52. The molecular formula is C10H10ClN3. The summed E-state index contributed by atoms with van der Waals surface area (Å²) in [4.78, 5) is 3.95. The second-order valence-corrected chi connectivity index (χ2v) is 3.48. The van der Waals surface area contributed by atoms with Crippen LogP contribution in [0.1, 0.15) is 5.56 Å². The van der Waals surface area contributed by atoms with Crippen LogP contribution in [0.3, 0.4) is 0 Å². The summed E-state index contributed by atoms with van der Waals surface area (Å²) >= 11 is 5.78. The molecule has 0 atom stereocenters. The number of nitrogens with zero attached hydrogens (tertiary/aromatic N) is 2. The molecule has 1 aromatic heterocycles. The molecule has 2 rings (SSSR count). The van der Waals surface area contributed by atoms with Gasteiger partial charge in [0.2, 0.25) is 0 Å². The first-order valence-electron chi connectivity index (χ1n) is 4.27. The number of benzene rings is 1. The molecule has 0 radical (unpaired) electrons. The molecule has 14 heavy (non-hydrogen) atoms. The molecule has 0 spiro atoms. The van der Waals surface area contributed by atoms with Crippen molar-refractivity contribution >= 4 is 17.5 Å².